The van der Waals surface area contributed by atoms with Crippen LogP contribution in [0, 0.1) is 0 Å². The molecule has 0 unspecified atom stereocenters. The molecule has 110 valence electrons. The lowest BCUT2D eigenvalue weighted by atomic mass is 10.1. The molecule has 2 saturated heterocycles. The van der Waals surface area contributed by atoms with E-state index in [9.17, 15) is 4.79 Å². The molecule has 0 saturated carbocycles. The highest BCUT2D eigenvalue weighted by Gasteiger charge is 2.22. The zero-order valence-corrected chi connectivity index (χ0v) is 11.3. The van der Waals surface area contributed by atoms with Crippen LogP contribution in [0.1, 0.15) is 25.7 Å². The van der Waals surface area contributed by atoms with E-state index in [1.165, 1.54) is 4.90 Å². The number of amides is 1. The van der Waals surface area contributed by atoms with Gasteiger partial charge in [0, 0.05) is 26.3 Å². The molecule has 6 nitrogen and oxygen atoms in total. The average Bonchev–Trinajstić information content (AvgIpc) is 2.45. The summed E-state index contributed by atoms with van der Waals surface area (Å²) in [6.07, 6.45) is 3.16. The first-order chi connectivity index (χ1) is 9.25. The first-order valence-corrected chi connectivity index (χ1v) is 7.04. The second kappa shape index (κ2) is 7.67. The van der Waals surface area contributed by atoms with Crippen molar-refractivity contribution in [3.63, 3.8) is 0 Å². The highest BCUT2D eigenvalue weighted by atomic mass is 16.5. The van der Waals surface area contributed by atoms with Gasteiger partial charge in [0.2, 0.25) is 0 Å². The summed E-state index contributed by atoms with van der Waals surface area (Å²) in [6.45, 7) is 3.93. The van der Waals surface area contributed by atoms with Gasteiger partial charge in [-0.3, -0.25) is 0 Å². The summed E-state index contributed by atoms with van der Waals surface area (Å²) in [6, 6.07) is 0. The Morgan fingerprint density at radius 1 is 1.05 bits per heavy atom. The van der Waals surface area contributed by atoms with Crippen molar-refractivity contribution in [2.24, 2.45) is 0 Å². The van der Waals surface area contributed by atoms with Crippen LogP contribution in [0.15, 0.2) is 0 Å². The van der Waals surface area contributed by atoms with Gasteiger partial charge in [-0.2, -0.15) is 0 Å². The average molecular weight is 273 g/mol. The molecule has 2 aliphatic heterocycles. The Labute approximate surface area is 113 Å². The predicted molar refractivity (Wildman–Crippen MR) is 68.4 cm³/mol. The molecule has 0 radical (unpaired) electrons. The molecule has 19 heavy (non-hydrogen) atoms. The highest BCUT2D eigenvalue weighted by molar-refractivity contribution is 5.64. The molecule has 1 N–H and O–H groups in total. The maximum Gasteiger partial charge on any atom is 0.407 e. The number of nitrogens with zero attached hydrogens (tertiary/aromatic N) is 1. The lowest BCUT2D eigenvalue weighted by Crippen LogP contribution is -2.40. The van der Waals surface area contributed by atoms with Crippen molar-refractivity contribution < 1.29 is 24.1 Å². The minimum absolute atomic E-state index is 0.175. The monoisotopic (exact) mass is 273 g/mol. The fraction of sp³-hybridized carbons (Fsp3) is 0.923. The Morgan fingerprint density at radius 2 is 1.58 bits per heavy atom. The molecule has 2 fully saturated rings. The SMILES string of the molecule is O=C(O)N1CCC(OCCOC2CCOCC2)CC1. The van der Waals surface area contributed by atoms with Gasteiger partial charge in [-0.25, -0.2) is 4.79 Å². The van der Waals surface area contributed by atoms with E-state index in [1.807, 2.05) is 0 Å². The van der Waals surface area contributed by atoms with Gasteiger partial charge < -0.3 is 24.2 Å². The van der Waals surface area contributed by atoms with Crippen molar-refractivity contribution in [3.05, 3.63) is 0 Å². The molecule has 0 bridgehead atoms. The van der Waals surface area contributed by atoms with Crippen LogP contribution in [0.5, 0.6) is 0 Å². The Balaban J connectivity index is 1.51. The van der Waals surface area contributed by atoms with Crippen LogP contribution in [-0.4, -0.2) is 67.8 Å². The van der Waals surface area contributed by atoms with E-state index in [1.54, 1.807) is 0 Å². The van der Waals surface area contributed by atoms with E-state index < -0.39 is 6.09 Å². The van der Waals surface area contributed by atoms with Crippen molar-refractivity contribution in [2.45, 2.75) is 37.9 Å². The van der Waals surface area contributed by atoms with Crippen LogP contribution in [0.2, 0.25) is 0 Å². The number of piperidine rings is 1. The summed E-state index contributed by atoms with van der Waals surface area (Å²) in [7, 11) is 0. The molecule has 0 aromatic heterocycles. The minimum Gasteiger partial charge on any atom is -0.465 e. The van der Waals surface area contributed by atoms with E-state index in [-0.39, 0.29) is 6.10 Å². The van der Waals surface area contributed by atoms with Gasteiger partial charge in [0.05, 0.1) is 25.4 Å². The molecule has 0 aromatic rings. The van der Waals surface area contributed by atoms with Gasteiger partial charge in [-0.15, -0.1) is 0 Å². The third-order valence-corrected chi connectivity index (χ3v) is 3.67. The van der Waals surface area contributed by atoms with Crippen molar-refractivity contribution >= 4 is 6.09 Å². The summed E-state index contributed by atoms with van der Waals surface area (Å²) in [4.78, 5) is 12.2. The second-order valence-electron chi connectivity index (χ2n) is 5.02. The Hall–Kier alpha value is -0.850. The number of carbonyl (C=O) groups is 1. The largest absolute Gasteiger partial charge is 0.465 e. The van der Waals surface area contributed by atoms with Crippen LogP contribution in [-0.2, 0) is 14.2 Å². The van der Waals surface area contributed by atoms with Crippen LogP contribution in [0.4, 0.5) is 4.79 Å². The molecule has 2 aliphatic rings. The minimum atomic E-state index is -0.832. The standard InChI is InChI=1S/C13H23NO5/c15-13(16)14-5-1-11(2-6-14)18-9-10-19-12-3-7-17-8-4-12/h11-12H,1-10H2,(H,15,16). The number of rotatable bonds is 5. The zero-order chi connectivity index (χ0) is 13.5. The van der Waals surface area contributed by atoms with Crippen LogP contribution >= 0.6 is 0 Å². The summed E-state index contributed by atoms with van der Waals surface area (Å²) >= 11 is 0. The Bertz CT molecular complexity index is 272. The van der Waals surface area contributed by atoms with E-state index in [2.05, 4.69) is 0 Å². The molecule has 2 heterocycles. The molecule has 1 amide bonds. The van der Waals surface area contributed by atoms with Crippen molar-refractivity contribution in [1.82, 2.24) is 4.90 Å². The van der Waals surface area contributed by atoms with E-state index >= 15 is 0 Å². The maximum atomic E-state index is 10.8. The number of ether oxygens (including phenoxy) is 3. The van der Waals surface area contributed by atoms with Gasteiger partial charge in [0.25, 0.3) is 0 Å². The summed E-state index contributed by atoms with van der Waals surface area (Å²) in [5, 5.41) is 8.84. The Morgan fingerprint density at radius 3 is 2.11 bits per heavy atom. The first kappa shape index (κ1) is 14.6. The van der Waals surface area contributed by atoms with E-state index in [0.29, 0.717) is 32.4 Å². The molecule has 0 aliphatic carbocycles. The third kappa shape index (κ3) is 4.97. The maximum absolute atomic E-state index is 10.8. The summed E-state index contributed by atoms with van der Waals surface area (Å²) in [5.74, 6) is 0. The molecule has 6 heteroatoms. The fourth-order valence-corrected chi connectivity index (χ4v) is 2.49. The second-order valence-corrected chi connectivity index (χ2v) is 5.02. The van der Waals surface area contributed by atoms with Crippen molar-refractivity contribution in [2.75, 3.05) is 39.5 Å². The lowest BCUT2D eigenvalue weighted by Gasteiger charge is -2.30. The molecule has 0 atom stereocenters. The molecule has 2 rings (SSSR count). The molecule has 0 aromatic carbocycles. The van der Waals surface area contributed by atoms with Crippen LogP contribution in [0.25, 0.3) is 0 Å². The van der Waals surface area contributed by atoms with E-state index in [4.69, 9.17) is 19.3 Å². The first-order valence-electron chi connectivity index (χ1n) is 7.04. The smallest absolute Gasteiger partial charge is 0.407 e. The fourth-order valence-electron chi connectivity index (χ4n) is 2.49. The quantitative estimate of drug-likeness (QED) is 0.766. The molecule has 0 spiro atoms. The number of carboxylic acid groups (broad SMARTS) is 1. The summed E-state index contributed by atoms with van der Waals surface area (Å²) in [5.41, 5.74) is 0. The predicted octanol–water partition coefficient (Wildman–Crippen LogP) is 1.34. The normalized spacial score (nSPS) is 22.6. The van der Waals surface area contributed by atoms with Crippen LogP contribution in [0.3, 0.4) is 0 Å². The topological polar surface area (TPSA) is 68.2 Å². The molecular formula is C13H23NO5. The molecular weight excluding hydrogens is 250 g/mol. The summed E-state index contributed by atoms with van der Waals surface area (Å²) < 4.78 is 16.7. The van der Waals surface area contributed by atoms with Crippen molar-refractivity contribution in [3.8, 4) is 0 Å². The van der Waals surface area contributed by atoms with Gasteiger partial charge in [-0.05, 0) is 25.7 Å². The zero-order valence-electron chi connectivity index (χ0n) is 11.3. The van der Waals surface area contributed by atoms with Gasteiger partial charge in [0.1, 0.15) is 0 Å². The lowest BCUT2D eigenvalue weighted by molar-refractivity contribution is -0.0666. The van der Waals surface area contributed by atoms with Gasteiger partial charge in [0.15, 0.2) is 0 Å². The number of likely N-dealkylation sites (tertiary alicyclic amines) is 1. The number of hydrogen-bond acceptors (Lipinski definition) is 4. The Kier molecular flexibility index (Phi) is 5.88. The number of hydrogen-bond donors (Lipinski definition) is 1. The third-order valence-electron chi connectivity index (χ3n) is 3.67. The van der Waals surface area contributed by atoms with Crippen molar-refractivity contribution in [1.29, 1.82) is 0 Å². The van der Waals surface area contributed by atoms with Crippen LogP contribution < -0.4 is 0 Å². The van der Waals surface area contributed by atoms with Gasteiger partial charge in [-0.1, -0.05) is 0 Å². The van der Waals surface area contributed by atoms with E-state index in [0.717, 1.165) is 38.9 Å². The highest BCUT2D eigenvalue weighted by Crippen LogP contribution is 2.14. The van der Waals surface area contributed by atoms with Gasteiger partial charge >= 0.3 is 6.09 Å².